The van der Waals surface area contributed by atoms with Crippen molar-refractivity contribution in [1.29, 1.82) is 0 Å². The van der Waals surface area contributed by atoms with Crippen LogP contribution in [0.15, 0.2) is 29.2 Å². The Morgan fingerprint density at radius 3 is 2.39 bits per heavy atom. The van der Waals surface area contributed by atoms with Gasteiger partial charge in [-0.25, -0.2) is 13.2 Å². The van der Waals surface area contributed by atoms with E-state index in [1.807, 2.05) is 6.92 Å². The molecule has 2 heterocycles. The van der Waals surface area contributed by atoms with E-state index in [4.69, 9.17) is 4.74 Å². The van der Waals surface area contributed by atoms with Gasteiger partial charge in [-0.3, -0.25) is 4.79 Å². The van der Waals surface area contributed by atoms with Gasteiger partial charge in [-0.1, -0.05) is 24.1 Å². The van der Waals surface area contributed by atoms with Gasteiger partial charge in [-0.15, -0.1) is 11.3 Å². The summed E-state index contributed by atoms with van der Waals surface area (Å²) in [7, 11) is -2.21. The third-order valence-electron chi connectivity index (χ3n) is 6.53. The van der Waals surface area contributed by atoms with E-state index in [9.17, 15) is 18.0 Å². The number of piperidine rings is 1. The number of methoxy groups -OCH3 is 1. The number of aryl methyl sites for hydroxylation is 2. The average Bonchev–Trinajstić information content (AvgIpc) is 2.98. The molecule has 1 N–H and O–H groups in total. The first kappa shape index (κ1) is 23.9. The molecule has 7 nitrogen and oxygen atoms in total. The second kappa shape index (κ2) is 9.95. The van der Waals surface area contributed by atoms with Crippen molar-refractivity contribution in [2.75, 3.05) is 25.5 Å². The van der Waals surface area contributed by atoms with E-state index >= 15 is 0 Å². The summed E-state index contributed by atoms with van der Waals surface area (Å²) in [5.74, 6) is -0.880. The number of ether oxygens (including phenoxy) is 1. The maximum atomic E-state index is 13.1. The van der Waals surface area contributed by atoms with Crippen molar-refractivity contribution in [2.45, 2.75) is 56.8 Å². The van der Waals surface area contributed by atoms with Crippen LogP contribution in [0, 0.1) is 12.8 Å². The Morgan fingerprint density at radius 2 is 1.73 bits per heavy atom. The lowest BCUT2D eigenvalue weighted by Crippen LogP contribution is -2.41. The fourth-order valence-electron chi connectivity index (χ4n) is 4.58. The van der Waals surface area contributed by atoms with Crippen LogP contribution in [-0.4, -0.2) is 44.8 Å². The van der Waals surface area contributed by atoms with E-state index < -0.39 is 16.0 Å². The number of amides is 1. The number of fused-ring (bicyclic) bond motifs is 1. The maximum absolute atomic E-state index is 13.1. The number of thiophene rings is 1. The quantitative estimate of drug-likeness (QED) is 0.502. The number of sulfonamides is 1. The van der Waals surface area contributed by atoms with E-state index in [1.165, 1.54) is 22.8 Å². The molecule has 1 fully saturated rings. The lowest BCUT2D eigenvalue weighted by molar-refractivity contribution is -0.120. The van der Waals surface area contributed by atoms with Crippen LogP contribution in [0.25, 0.3) is 0 Å². The first-order chi connectivity index (χ1) is 15.8. The standard InChI is InChI=1S/C24H30N2O5S2/c1-16-8-10-18(11-9-16)33(29,30)26-14-12-17(13-15-26)22(27)25-23-21(24(28)31-2)19-6-4-3-5-7-20(19)32-23/h8-11,17H,3-7,12-15H2,1-2H3,(H,25,27). The monoisotopic (exact) mass is 490 g/mol. The second-order valence-electron chi connectivity index (χ2n) is 8.74. The number of hydrogen-bond acceptors (Lipinski definition) is 6. The third-order valence-corrected chi connectivity index (χ3v) is 9.65. The van der Waals surface area contributed by atoms with E-state index in [-0.39, 0.29) is 16.7 Å². The van der Waals surface area contributed by atoms with Gasteiger partial charge in [0, 0.05) is 23.9 Å². The Labute approximate surface area is 199 Å². The predicted molar refractivity (Wildman–Crippen MR) is 128 cm³/mol. The molecule has 0 atom stereocenters. The Hall–Kier alpha value is -2.23. The Bertz CT molecular complexity index is 1130. The van der Waals surface area contributed by atoms with Gasteiger partial charge in [0.05, 0.1) is 17.6 Å². The van der Waals surface area contributed by atoms with Gasteiger partial charge >= 0.3 is 5.97 Å². The van der Waals surface area contributed by atoms with Crippen LogP contribution in [0.4, 0.5) is 5.00 Å². The summed E-state index contributed by atoms with van der Waals surface area (Å²) in [6.45, 7) is 2.50. The number of hydrogen-bond donors (Lipinski definition) is 1. The van der Waals surface area contributed by atoms with Crippen LogP contribution < -0.4 is 5.32 Å². The second-order valence-corrected chi connectivity index (χ2v) is 11.8. The molecule has 0 bridgehead atoms. The lowest BCUT2D eigenvalue weighted by atomic mass is 9.97. The minimum atomic E-state index is -3.57. The highest BCUT2D eigenvalue weighted by Crippen LogP contribution is 2.38. The van der Waals surface area contributed by atoms with Crippen LogP contribution in [0.1, 0.15) is 58.5 Å². The molecule has 9 heteroatoms. The van der Waals surface area contributed by atoms with E-state index in [0.29, 0.717) is 36.5 Å². The van der Waals surface area contributed by atoms with Gasteiger partial charge < -0.3 is 10.1 Å². The molecule has 1 saturated heterocycles. The molecule has 33 heavy (non-hydrogen) atoms. The summed E-state index contributed by atoms with van der Waals surface area (Å²) < 4.78 is 32.3. The summed E-state index contributed by atoms with van der Waals surface area (Å²) >= 11 is 1.48. The molecule has 1 aliphatic heterocycles. The van der Waals surface area contributed by atoms with Crippen molar-refractivity contribution in [1.82, 2.24) is 4.31 Å². The van der Waals surface area contributed by atoms with Gasteiger partial charge in [0.25, 0.3) is 0 Å². The number of carbonyl (C=O) groups excluding carboxylic acids is 2. The van der Waals surface area contributed by atoms with Gasteiger partial charge in [-0.2, -0.15) is 4.31 Å². The number of anilines is 1. The number of rotatable bonds is 5. The highest BCUT2D eigenvalue weighted by molar-refractivity contribution is 7.89. The first-order valence-corrected chi connectivity index (χ1v) is 13.7. The smallest absolute Gasteiger partial charge is 0.341 e. The number of benzene rings is 1. The zero-order valence-electron chi connectivity index (χ0n) is 19.1. The third kappa shape index (κ3) is 5.00. The molecule has 0 unspecified atom stereocenters. The summed E-state index contributed by atoms with van der Waals surface area (Å²) in [5.41, 5.74) is 2.51. The molecule has 0 spiro atoms. The van der Waals surface area contributed by atoms with E-state index in [1.54, 1.807) is 24.3 Å². The molecule has 4 rings (SSSR count). The van der Waals surface area contributed by atoms with Gasteiger partial charge in [0.2, 0.25) is 15.9 Å². The normalized spacial score (nSPS) is 17.8. The zero-order valence-corrected chi connectivity index (χ0v) is 20.7. The fraction of sp³-hybridized carbons (Fsp3) is 0.500. The number of nitrogens with one attached hydrogen (secondary N) is 1. The molecule has 0 saturated carbocycles. The first-order valence-electron chi connectivity index (χ1n) is 11.4. The maximum Gasteiger partial charge on any atom is 0.341 e. The minimum Gasteiger partial charge on any atom is -0.465 e. The van der Waals surface area contributed by atoms with Crippen molar-refractivity contribution in [2.24, 2.45) is 5.92 Å². The van der Waals surface area contributed by atoms with Crippen LogP contribution in [0.5, 0.6) is 0 Å². The minimum absolute atomic E-state index is 0.163. The van der Waals surface area contributed by atoms with Crippen molar-refractivity contribution in [3.8, 4) is 0 Å². The Balaban J connectivity index is 1.45. The SMILES string of the molecule is COC(=O)c1c(NC(=O)C2CCN(S(=O)(=O)c3ccc(C)cc3)CC2)sc2c1CCCCC2. The summed E-state index contributed by atoms with van der Waals surface area (Å²) in [4.78, 5) is 27.0. The number of carbonyl (C=O) groups is 2. The molecule has 2 aliphatic rings. The topological polar surface area (TPSA) is 92.8 Å². The van der Waals surface area contributed by atoms with Crippen molar-refractivity contribution < 1.29 is 22.7 Å². The predicted octanol–water partition coefficient (Wildman–Crippen LogP) is 4.15. The largest absolute Gasteiger partial charge is 0.465 e. The molecule has 1 amide bonds. The molecule has 0 radical (unpaired) electrons. The van der Waals surface area contributed by atoms with Crippen LogP contribution in [0.3, 0.4) is 0 Å². The lowest BCUT2D eigenvalue weighted by Gasteiger charge is -2.30. The van der Waals surface area contributed by atoms with Gasteiger partial charge in [-0.05, 0) is 63.1 Å². The summed E-state index contributed by atoms with van der Waals surface area (Å²) in [6, 6.07) is 6.82. The highest BCUT2D eigenvalue weighted by atomic mass is 32.2. The molecular formula is C24H30N2O5S2. The highest BCUT2D eigenvalue weighted by Gasteiger charge is 2.33. The molecule has 1 aromatic carbocycles. The summed E-state index contributed by atoms with van der Waals surface area (Å²) in [5, 5.41) is 3.54. The Morgan fingerprint density at radius 1 is 1.06 bits per heavy atom. The van der Waals surface area contributed by atoms with E-state index in [2.05, 4.69) is 5.32 Å². The van der Waals surface area contributed by atoms with E-state index in [0.717, 1.165) is 48.1 Å². The van der Waals surface area contributed by atoms with Crippen LogP contribution >= 0.6 is 11.3 Å². The van der Waals surface area contributed by atoms with Crippen molar-refractivity contribution in [3.05, 3.63) is 45.8 Å². The average molecular weight is 491 g/mol. The molecular weight excluding hydrogens is 460 g/mol. The van der Waals surface area contributed by atoms with Gasteiger partial charge in [0.15, 0.2) is 0 Å². The molecule has 1 aliphatic carbocycles. The number of esters is 1. The number of nitrogens with zero attached hydrogens (tertiary/aromatic N) is 1. The molecule has 1 aromatic heterocycles. The molecule has 2 aromatic rings. The van der Waals surface area contributed by atoms with Crippen LogP contribution in [0.2, 0.25) is 0 Å². The summed E-state index contributed by atoms with van der Waals surface area (Å²) in [6.07, 6.45) is 5.85. The van der Waals surface area contributed by atoms with Crippen molar-refractivity contribution in [3.63, 3.8) is 0 Å². The molecule has 178 valence electrons. The Kier molecular flexibility index (Phi) is 7.21. The fourth-order valence-corrected chi connectivity index (χ4v) is 7.33. The van der Waals surface area contributed by atoms with Crippen molar-refractivity contribution >= 4 is 38.2 Å². The zero-order chi connectivity index (χ0) is 23.6. The van der Waals surface area contributed by atoms with Crippen LogP contribution in [-0.2, 0) is 32.4 Å². The van der Waals surface area contributed by atoms with Gasteiger partial charge in [0.1, 0.15) is 5.00 Å².